The van der Waals surface area contributed by atoms with Crippen molar-refractivity contribution in [1.29, 1.82) is 0 Å². The fourth-order valence-corrected chi connectivity index (χ4v) is 2.31. The van der Waals surface area contributed by atoms with Crippen LogP contribution in [0.5, 0.6) is 0 Å². The van der Waals surface area contributed by atoms with Crippen LogP contribution in [0.2, 0.25) is 0 Å². The smallest absolute Gasteiger partial charge is 0.247 e. The van der Waals surface area contributed by atoms with E-state index in [0.29, 0.717) is 11.7 Å². The van der Waals surface area contributed by atoms with Crippen LogP contribution in [-0.4, -0.2) is 16.0 Å². The van der Waals surface area contributed by atoms with Gasteiger partial charge >= 0.3 is 0 Å². The maximum absolute atomic E-state index is 12.0. The number of benzene rings is 2. The number of nitrogens with zero attached hydrogens (tertiary/aromatic N) is 2. The zero-order valence-corrected chi connectivity index (χ0v) is 13.7. The van der Waals surface area contributed by atoms with Crippen LogP contribution in [0.15, 0.2) is 47.0 Å². The van der Waals surface area contributed by atoms with Gasteiger partial charge in [-0.2, -0.15) is 4.98 Å². The Morgan fingerprint density at radius 2 is 2.00 bits per heavy atom. The Balaban J connectivity index is 1.51. The number of aromatic nitrogens is 2. The topological polar surface area (TPSA) is 77.2 Å². The Hall–Kier alpha value is -2.73. The molecule has 0 bridgehead atoms. The van der Waals surface area contributed by atoms with Gasteiger partial charge in [0.15, 0.2) is 5.82 Å². The maximum Gasteiger partial charge on any atom is 0.247 e. The van der Waals surface area contributed by atoms with Crippen molar-refractivity contribution < 1.29 is 14.2 Å². The van der Waals surface area contributed by atoms with Crippen LogP contribution >= 0.6 is 0 Å². The van der Waals surface area contributed by atoms with E-state index in [-0.39, 0.29) is 24.9 Å². The summed E-state index contributed by atoms with van der Waals surface area (Å²) < 4.78 is 5.07. The summed E-state index contributed by atoms with van der Waals surface area (Å²) in [7, 11) is 0. The molecule has 0 spiro atoms. The van der Waals surface area contributed by atoms with E-state index in [4.69, 9.17) is 9.36 Å². The van der Waals surface area contributed by atoms with Crippen molar-refractivity contribution in [2.75, 3.05) is 0 Å². The van der Waals surface area contributed by atoms with Crippen LogP contribution in [0.4, 0.5) is 0 Å². The molecular formula is C18H19N3O3. The van der Waals surface area contributed by atoms with Crippen LogP contribution < -0.4 is 5.48 Å². The second kappa shape index (κ2) is 7.23. The summed E-state index contributed by atoms with van der Waals surface area (Å²) in [5.74, 6) is 0.896. The first-order valence-electron chi connectivity index (χ1n) is 7.82. The van der Waals surface area contributed by atoms with Crippen LogP contribution in [0.3, 0.4) is 0 Å². The van der Waals surface area contributed by atoms with Gasteiger partial charge in [-0.3, -0.25) is 9.63 Å². The molecule has 3 aromatic rings. The predicted molar refractivity (Wildman–Crippen MR) is 89.0 cm³/mol. The average Bonchev–Trinajstić information content (AvgIpc) is 3.04. The van der Waals surface area contributed by atoms with E-state index in [1.807, 2.05) is 56.3 Å². The first kappa shape index (κ1) is 16.1. The minimum atomic E-state index is -0.224. The molecule has 0 fully saturated rings. The number of fused-ring (bicyclic) bond motifs is 1. The van der Waals surface area contributed by atoms with Gasteiger partial charge in [-0.05, 0) is 16.3 Å². The SMILES string of the molecule is CC(C)c1nc(CONC(=O)Cc2ccc3ccccc3c2)no1. The fourth-order valence-electron chi connectivity index (χ4n) is 2.31. The number of amides is 1. The summed E-state index contributed by atoms with van der Waals surface area (Å²) in [6, 6.07) is 14.0. The van der Waals surface area contributed by atoms with Gasteiger partial charge in [-0.1, -0.05) is 61.5 Å². The molecule has 1 aromatic heterocycles. The number of rotatable bonds is 6. The molecule has 6 nitrogen and oxygen atoms in total. The maximum atomic E-state index is 12.0. The van der Waals surface area contributed by atoms with E-state index in [0.717, 1.165) is 16.3 Å². The molecule has 6 heteroatoms. The van der Waals surface area contributed by atoms with Crippen LogP contribution in [0, 0.1) is 0 Å². The van der Waals surface area contributed by atoms with E-state index in [1.54, 1.807) is 0 Å². The Morgan fingerprint density at radius 1 is 1.21 bits per heavy atom. The molecule has 0 saturated heterocycles. The summed E-state index contributed by atoms with van der Waals surface area (Å²) in [6.07, 6.45) is 0.244. The molecule has 0 unspecified atom stereocenters. The van der Waals surface area contributed by atoms with Crippen LogP contribution in [0.1, 0.15) is 37.0 Å². The monoisotopic (exact) mass is 325 g/mol. The van der Waals surface area contributed by atoms with Crippen molar-refractivity contribution in [3.63, 3.8) is 0 Å². The van der Waals surface area contributed by atoms with Crippen molar-refractivity contribution in [3.8, 4) is 0 Å². The van der Waals surface area contributed by atoms with Gasteiger partial charge < -0.3 is 4.52 Å². The van der Waals surface area contributed by atoms with E-state index in [9.17, 15) is 4.79 Å². The van der Waals surface area contributed by atoms with E-state index in [1.165, 1.54) is 0 Å². The molecule has 1 heterocycles. The predicted octanol–water partition coefficient (Wildman–Crippen LogP) is 3.14. The highest BCUT2D eigenvalue weighted by Crippen LogP contribution is 2.16. The highest BCUT2D eigenvalue weighted by atomic mass is 16.7. The number of nitrogens with one attached hydrogen (secondary N) is 1. The third-order valence-electron chi connectivity index (χ3n) is 3.54. The van der Waals surface area contributed by atoms with Gasteiger partial charge in [0.25, 0.3) is 0 Å². The summed E-state index contributed by atoms with van der Waals surface area (Å²) >= 11 is 0. The number of hydrogen-bond acceptors (Lipinski definition) is 5. The van der Waals surface area contributed by atoms with Gasteiger partial charge in [0, 0.05) is 5.92 Å². The summed E-state index contributed by atoms with van der Waals surface area (Å²) in [5, 5.41) is 6.05. The zero-order chi connectivity index (χ0) is 16.9. The average molecular weight is 325 g/mol. The molecule has 0 aliphatic rings. The van der Waals surface area contributed by atoms with Gasteiger partial charge in [-0.15, -0.1) is 0 Å². The number of hydrogen-bond donors (Lipinski definition) is 1. The van der Waals surface area contributed by atoms with E-state index in [2.05, 4.69) is 15.6 Å². The normalized spacial score (nSPS) is 11.1. The molecule has 0 radical (unpaired) electrons. The summed E-state index contributed by atoms with van der Waals surface area (Å²) in [4.78, 5) is 21.3. The standard InChI is InChI=1S/C18H19N3O3/c1-12(2)18-19-16(20-24-18)11-23-21-17(22)10-13-7-8-14-5-3-4-6-15(14)9-13/h3-9,12H,10-11H2,1-2H3,(H,21,22). The minimum Gasteiger partial charge on any atom is -0.339 e. The van der Waals surface area contributed by atoms with Crippen molar-refractivity contribution in [2.45, 2.75) is 32.8 Å². The minimum absolute atomic E-state index is 0.0691. The Morgan fingerprint density at radius 3 is 2.75 bits per heavy atom. The molecule has 0 saturated carbocycles. The molecule has 1 amide bonds. The lowest BCUT2D eigenvalue weighted by molar-refractivity contribution is -0.134. The van der Waals surface area contributed by atoms with E-state index >= 15 is 0 Å². The Kier molecular flexibility index (Phi) is 4.86. The first-order chi connectivity index (χ1) is 11.6. The molecule has 124 valence electrons. The Labute approximate surface area is 139 Å². The lowest BCUT2D eigenvalue weighted by Crippen LogP contribution is -2.25. The second-order valence-corrected chi connectivity index (χ2v) is 5.88. The fraction of sp³-hybridized carbons (Fsp3) is 0.278. The van der Waals surface area contributed by atoms with Gasteiger partial charge in [0.1, 0.15) is 6.61 Å². The molecule has 2 aromatic carbocycles. The molecular weight excluding hydrogens is 306 g/mol. The van der Waals surface area contributed by atoms with Crippen LogP contribution in [-0.2, 0) is 22.7 Å². The largest absolute Gasteiger partial charge is 0.339 e. The molecule has 0 atom stereocenters. The van der Waals surface area contributed by atoms with Gasteiger partial charge in [-0.25, -0.2) is 5.48 Å². The first-order valence-corrected chi connectivity index (χ1v) is 7.82. The van der Waals surface area contributed by atoms with Crippen molar-refractivity contribution in [3.05, 3.63) is 59.7 Å². The zero-order valence-electron chi connectivity index (χ0n) is 13.7. The molecule has 3 rings (SSSR count). The van der Waals surface area contributed by atoms with Crippen molar-refractivity contribution >= 4 is 16.7 Å². The van der Waals surface area contributed by atoms with Crippen molar-refractivity contribution in [2.24, 2.45) is 0 Å². The summed E-state index contributed by atoms with van der Waals surface area (Å²) in [6.45, 7) is 3.99. The lowest BCUT2D eigenvalue weighted by Gasteiger charge is -2.05. The lowest BCUT2D eigenvalue weighted by atomic mass is 10.1. The molecule has 1 N–H and O–H groups in total. The molecule has 0 aliphatic heterocycles. The van der Waals surface area contributed by atoms with Crippen LogP contribution in [0.25, 0.3) is 10.8 Å². The number of carbonyl (C=O) groups is 1. The quantitative estimate of drug-likeness (QED) is 0.705. The molecule has 24 heavy (non-hydrogen) atoms. The highest BCUT2D eigenvalue weighted by Gasteiger charge is 2.10. The number of hydroxylamine groups is 1. The third-order valence-corrected chi connectivity index (χ3v) is 3.54. The highest BCUT2D eigenvalue weighted by molar-refractivity contribution is 5.85. The molecule has 0 aliphatic carbocycles. The van der Waals surface area contributed by atoms with Gasteiger partial charge in [0.05, 0.1) is 6.42 Å². The van der Waals surface area contributed by atoms with Crippen molar-refractivity contribution in [1.82, 2.24) is 15.6 Å². The Bertz CT molecular complexity index is 842. The number of carbonyl (C=O) groups excluding carboxylic acids is 1. The second-order valence-electron chi connectivity index (χ2n) is 5.88. The third kappa shape index (κ3) is 3.97. The van der Waals surface area contributed by atoms with Gasteiger partial charge in [0.2, 0.25) is 11.8 Å². The van der Waals surface area contributed by atoms with E-state index < -0.39 is 0 Å². The summed E-state index contributed by atoms with van der Waals surface area (Å²) in [5.41, 5.74) is 3.33.